The highest BCUT2D eigenvalue weighted by Gasteiger charge is 2.35. The molecule has 166 valence electrons. The van der Waals surface area contributed by atoms with E-state index in [9.17, 15) is 13.2 Å². The lowest BCUT2D eigenvalue weighted by Gasteiger charge is -2.31. The Morgan fingerprint density at radius 2 is 2.06 bits per heavy atom. The maximum absolute atomic E-state index is 13.4. The Kier molecular flexibility index (Phi) is 6.46. The van der Waals surface area contributed by atoms with Crippen LogP contribution in [0.5, 0.6) is 0 Å². The van der Waals surface area contributed by atoms with Crippen molar-refractivity contribution < 1.29 is 17.9 Å². The summed E-state index contributed by atoms with van der Waals surface area (Å²) in [7, 11) is 1.67. The second-order valence-corrected chi connectivity index (χ2v) is 8.32. The highest BCUT2D eigenvalue weighted by Crippen LogP contribution is 2.37. The van der Waals surface area contributed by atoms with Crippen LogP contribution in [0.3, 0.4) is 0 Å². The predicted octanol–water partition coefficient (Wildman–Crippen LogP) is 5.27. The molecule has 1 aliphatic rings. The molecule has 0 bridgehead atoms. The first kappa shape index (κ1) is 22.9. The zero-order chi connectivity index (χ0) is 22.8. The van der Waals surface area contributed by atoms with Crippen LogP contribution in [0, 0.1) is 11.3 Å². The van der Waals surface area contributed by atoms with Gasteiger partial charge in [-0.2, -0.15) is 18.4 Å². The van der Waals surface area contributed by atoms with E-state index in [1.165, 1.54) is 6.07 Å². The van der Waals surface area contributed by atoms with Crippen LogP contribution in [0.15, 0.2) is 36.8 Å². The van der Waals surface area contributed by atoms with Gasteiger partial charge in [-0.05, 0) is 57.4 Å². The third-order valence-electron chi connectivity index (χ3n) is 5.78. The van der Waals surface area contributed by atoms with Crippen molar-refractivity contribution in [2.45, 2.75) is 58.0 Å². The fraction of sp³-hybridized carbons (Fsp3) is 0.478. The van der Waals surface area contributed by atoms with Crippen LogP contribution in [0.1, 0.15) is 50.4 Å². The van der Waals surface area contributed by atoms with Crippen LogP contribution < -0.4 is 4.90 Å². The average molecular weight is 432 g/mol. The number of hydrogen-bond acceptors (Lipinski definition) is 4. The Hall–Kier alpha value is -2.79. The molecule has 1 aliphatic carbocycles. The highest BCUT2D eigenvalue weighted by atomic mass is 19.4. The summed E-state index contributed by atoms with van der Waals surface area (Å²) in [6, 6.07) is 5.62. The van der Waals surface area contributed by atoms with Crippen LogP contribution >= 0.6 is 0 Å². The molecule has 2 aromatic rings. The maximum Gasteiger partial charge on any atom is 0.417 e. The lowest BCUT2D eigenvalue weighted by atomic mass is 10.0. The van der Waals surface area contributed by atoms with Crippen molar-refractivity contribution >= 4 is 11.3 Å². The summed E-state index contributed by atoms with van der Waals surface area (Å²) >= 11 is 0. The number of rotatable bonds is 7. The standard InChI is InChI=1S/C23H27F3N4O/c1-5-30(19-9-7-17(12-27)20(11-19)23(24,25)26)18-8-6-16(10-18)21-13-28-15-29(21)14-22(2,3)31-4/h6-7,9,11,13,15,18H,5,8,10,14H2,1-4H3. The third kappa shape index (κ3) is 4.93. The van der Waals surface area contributed by atoms with Crippen LogP contribution in [0.25, 0.3) is 5.57 Å². The van der Waals surface area contributed by atoms with Crippen molar-refractivity contribution in [3.8, 4) is 6.07 Å². The Balaban J connectivity index is 1.82. The summed E-state index contributed by atoms with van der Waals surface area (Å²) < 4.78 is 47.8. The van der Waals surface area contributed by atoms with E-state index in [2.05, 4.69) is 15.6 Å². The smallest absolute Gasteiger partial charge is 0.377 e. The van der Waals surface area contributed by atoms with Gasteiger partial charge in [0.15, 0.2) is 0 Å². The molecule has 1 aromatic heterocycles. The molecule has 3 rings (SSSR count). The molecule has 0 aliphatic heterocycles. The minimum absolute atomic E-state index is 0.0350. The predicted molar refractivity (Wildman–Crippen MR) is 113 cm³/mol. The van der Waals surface area contributed by atoms with Gasteiger partial charge in [-0.25, -0.2) is 4.98 Å². The second kappa shape index (κ2) is 8.75. The first-order valence-corrected chi connectivity index (χ1v) is 10.2. The Bertz CT molecular complexity index is 1000. The normalized spacial score (nSPS) is 16.8. The quantitative estimate of drug-likeness (QED) is 0.598. The number of aromatic nitrogens is 2. The van der Waals surface area contributed by atoms with Crippen molar-refractivity contribution in [1.82, 2.24) is 9.55 Å². The fourth-order valence-electron chi connectivity index (χ4n) is 4.03. The lowest BCUT2D eigenvalue weighted by Crippen LogP contribution is -2.34. The van der Waals surface area contributed by atoms with Gasteiger partial charge in [-0.15, -0.1) is 0 Å². The van der Waals surface area contributed by atoms with E-state index in [-0.39, 0.29) is 17.2 Å². The number of imidazole rings is 1. The van der Waals surface area contributed by atoms with Crippen molar-refractivity contribution in [1.29, 1.82) is 5.26 Å². The molecule has 0 saturated heterocycles. The van der Waals surface area contributed by atoms with Crippen molar-refractivity contribution in [2.75, 3.05) is 18.6 Å². The topological polar surface area (TPSA) is 54.1 Å². The van der Waals surface area contributed by atoms with E-state index in [1.807, 2.05) is 31.9 Å². The second-order valence-electron chi connectivity index (χ2n) is 8.32. The molecule has 1 heterocycles. The van der Waals surface area contributed by atoms with E-state index in [1.54, 1.807) is 25.6 Å². The highest BCUT2D eigenvalue weighted by molar-refractivity contribution is 5.67. The molecule has 0 spiro atoms. The average Bonchev–Trinajstić information content (AvgIpc) is 3.37. The number of methoxy groups -OCH3 is 1. The van der Waals surface area contributed by atoms with Gasteiger partial charge in [0.1, 0.15) is 0 Å². The maximum atomic E-state index is 13.4. The van der Waals surface area contributed by atoms with Gasteiger partial charge < -0.3 is 14.2 Å². The number of alkyl halides is 3. The van der Waals surface area contributed by atoms with Gasteiger partial charge in [-0.1, -0.05) is 6.08 Å². The van der Waals surface area contributed by atoms with Gasteiger partial charge in [0.25, 0.3) is 0 Å². The largest absolute Gasteiger partial charge is 0.417 e. The molecular formula is C23H27F3N4O. The SMILES string of the molecule is CCN(c1ccc(C#N)c(C(F)(F)F)c1)C1CC=C(c2cncn2CC(C)(C)OC)C1. The summed E-state index contributed by atoms with van der Waals surface area (Å²) in [5.41, 5.74) is 0.999. The molecule has 31 heavy (non-hydrogen) atoms. The van der Waals surface area contributed by atoms with Gasteiger partial charge in [0, 0.05) is 25.4 Å². The molecule has 1 aromatic carbocycles. The number of ether oxygens (including phenoxy) is 1. The third-order valence-corrected chi connectivity index (χ3v) is 5.78. The number of anilines is 1. The number of hydrogen-bond donors (Lipinski definition) is 0. The first-order valence-electron chi connectivity index (χ1n) is 10.2. The molecule has 1 atom stereocenters. The Labute approximate surface area is 180 Å². The fourth-order valence-corrected chi connectivity index (χ4v) is 4.03. The van der Waals surface area contributed by atoms with Gasteiger partial charge in [0.05, 0.1) is 47.6 Å². The zero-order valence-electron chi connectivity index (χ0n) is 18.2. The van der Waals surface area contributed by atoms with Gasteiger partial charge in [0.2, 0.25) is 0 Å². The first-order chi connectivity index (χ1) is 14.6. The molecule has 0 radical (unpaired) electrons. The van der Waals surface area contributed by atoms with Crippen molar-refractivity contribution in [2.24, 2.45) is 0 Å². The Morgan fingerprint density at radius 1 is 1.32 bits per heavy atom. The van der Waals surface area contributed by atoms with Crippen molar-refractivity contribution in [3.05, 3.63) is 53.6 Å². The molecule has 0 fully saturated rings. The number of benzene rings is 1. The van der Waals surface area contributed by atoms with Crippen LogP contribution in [-0.2, 0) is 17.5 Å². The molecule has 5 nitrogen and oxygen atoms in total. The summed E-state index contributed by atoms with van der Waals surface area (Å²) in [5.74, 6) is 0. The van der Waals surface area contributed by atoms with E-state index < -0.39 is 11.7 Å². The molecule has 0 saturated carbocycles. The van der Waals surface area contributed by atoms with Crippen molar-refractivity contribution in [3.63, 3.8) is 0 Å². The van der Waals surface area contributed by atoms with Crippen LogP contribution in [-0.4, -0.2) is 34.8 Å². The minimum Gasteiger partial charge on any atom is -0.377 e. The summed E-state index contributed by atoms with van der Waals surface area (Å²) in [4.78, 5) is 6.26. The molecule has 0 N–H and O–H groups in total. The number of halogens is 3. The lowest BCUT2D eigenvalue weighted by molar-refractivity contribution is -0.137. The summed E-state index contributed by atoms with van der Waals surface area (Å²) in [6.07, 6.45) is 2.59. The molecule has 1 unspecified atom stereocenters. The van der Waals surface area contributed by atoms with E-state index in [0.29, 0.717) is 25.2 Å². The summed E-state index contributed by atoms with van der Waals surface area (Å²) in [6.45, 7) is 7.14. The molecule has 0 amide bonds. The van der Waals surface area contributed by atoms with Crippen LogP contribution in [0.2, 0.25) is 0 Å². The van der Waals surface area contributed by atoms with E-state index in [0.717, 1.165) is 23.8 Å². The zero-order valence-corrected chi connectivity index (χ0v) is 18.2. The minimum atomic E-state index is -4.57. The van der Waals surface area contributed by atoms with Gasteiger partial charge in [-0.3, -0.25) is 0 Å². The molecule has 8 heteroatoms. The number of nitriles is 1. The van der Waals surface area contributed by atoms with E-state index >= 15 is 0 Å². The van der Waals surface area contributed by atoms with E-state index in [4.69, 9.17) is 10.00 Å². The monoisotopic (exact) mass is 432 g/mol. The van der Waals surface area contributed by atoms with Gasteiger partial charge >= 0.3 is 6.18 Å². The van der Waals surface area contributed by atoms with Crippen LogP contribution in [0.4, 0.5) is 18.9 Å². The number of nitrogens with zero attached hydrogens (tertiary/aromatic N) is 4. The Morgan fingerprint density at radius 3 is 2.68 bits per heavy atom. The summed E-state index contributed by atoms with van der Waals surface area (Å²) in [5, 5.41) is 9.06. The molecular weight excluding hydrogens is 405 g/mol.